The van der Waals surface area contributed by atoms with Crippen LogP contribution in [0.25, 0.3) is 0 Å². The van der Waals surface area contributed by atoms with E-state index in [1.54, 1.807) is 6.07 Å². The number of nitrogens with zero attached hydrogens (tertiary/aromatic N) is 2. The summed E-state index contributed by atoms with van der Waals surface area (Å²) in [5.41, 5.74) is 0. The van der Waals surface area contributed by atoms with Gasteiger partial charge in [-0.3, -0.25) is 0 Å². The molecule has 0 aromatic carbocycles. The van der Waals surface area contributed by atoms with Gasteiger partial charge in [0.15, 0.2) is 0 Å². The summed E-state index contributed by atoms with van der Waals surface area (Å²) >= 11 is 3.29. The molecule has 2 heterocycles. The van der Waals surface area contributed by atoms with Crippen LogP contribution in [0.15, 0.2) is 17.0 Å². The van der Waals surface area contributed by atoms with Gasteiger partial charge in [-0.05, 0) is 29.8 Å². The summed E-state index contributed by atoms with van der Waals surface area (Å²) in [5.74, 6) is 0.619. The van der Waals surface area contributed by atoms with Crippen LogP contribution >= 0.6 is 15.9 Å². The van der Waals surface area contributed by atoms with Gasteiger partial charge in [0.2, 0.25) is 5.88 Å². The fourth-order valence-corrected chi connectivity index (χ4v) is 2.28. The Morgan fingerprint density at radius 2 is 2.00 bits per heavy atom. The van der Waals surface area contributed by atoms with Crippen LogP contribution in [-0.4, -0.2) is 28.3 Å². The standard InChI is InChI=1S/C11H15BrN2O2/c1-7-3-9(4-8(2)15-7)16-11-5-10(12)13-6-14-11/h5-9H,3-4H2,1-2H3. The van der Waals surface area contributed by atoms with Crippen molar-refractivity contribution in [2.24, 2.45) is 0 Å². The highest BCUT2D eigenvalue weighted by Gasteiger charge is 2.26. The smallest absolute Gasteiger partial charge is 0.217 e. The van der Waals surface area contributed by atoms with E-state index in [2.05, 4.69) is 39.7 Å². The normalized spacial score (nSPS) is 30.1. The Morgan fingerprint density at radius 3 is 2.62 bits per heavy atom. The van der Waals surface area contributed by atoms with Crippen molar-refractivity contribution in [1.82, 2.24) is 9.97 Å². The molecule has 1 aromatic rings. The number of ether oxygens (including phenoxy) is 2. The van der Waals surface area contributed by atoms with E-state index in [9.17, 15) is 0 Å². The van der Waals surface area contributed by atoms with Crippen molar-refractivity contribution >= 4 is 15.9 Å². The molecule has 0 bridgehead atoms. The maximum atomic E-state index is 5.82. The topological polar surface area (TPSA) is 44.2 Å². The van der Waals surface area contributed by atoms with Crippen LogP contribution in [0.5, 0.6) is 5.88 Å². The molecule has 0 saturated carbocycles. The predicted octanol–water partition coefficient (Wildman–Crippen LogP) is 2.57. The Balaban J connectivity index is 1.98. The average Bonchev–Trinajstić information content (AvgIpc) is 2.15. The number of aromatic nitrogens is 2. The van der Waals surface area contributed by atoms with Crippen LogP contribution in [0.2, 0.25) is 0 Å². The molecule has 2 rings (SSSR count). The van der Waals surface area contributed by atoms with Crippen molar-refractivity contribution < 1.29 is 9.47 Å². The molecule has 2 atom stereocenters. The summed E-state index contributed by atoms with van der Waals surface area (Å²) in [5, 5.41) is 0. The first-order chi connectivity index (χ1) is 7.63. The van der Waals surface area contributed by atoms with Crippen LogP contribution in [0.1, 0.15) is 26.7 Å². The van der Waals surface area contributed by atoms with E-state index in [4.69, 9.17) is 9.47 Å². The monoisotopic (exact) mass is 286 g/mol. The first kappa shape index (κ1) is 11.8. The van der Waals surface area contributed by atoms with Crippen molar-refractivity contribution in [2.75, 3.05) is 0 Å². The van der Waals surface area contributed by atoms with E-state index in [0.717, 1.165) is 17.4 Å². The minimum atomic E-state index is 0.181. The lowest BCUT2D eigenvalue weighted by Crippen LogP contribution is -2.35. The highest BCUT2D eigenvalue weighted by molar-refractivity contribution is 9.10. The molecule has 0 radical (unpaired) electrons. The van der Waals surface area contributed by atoms with E-state index >= 15 is 0 Å². The molecule has 1 fully saturated rings. The molecule has 2 unspecified atom stereocenters. The van der Waals surface area contributed by atoms with Gasteiger partial charge < -0.3 is 9.47 Å². The van der Waals surface area contributed by atoms with Crippen molar-refractivity contribution in [3.05, 3.63) is 17.0 Å². The number of hydrogen-bond acceptors (Lipinski definition) is 4. The summed E-state index contributed by atoms with van der Waals surface area (Å²) in [6.45, 7) is 4.14. The molecule has 1 aliphatic rings. The van der Waals surface area contributed by atoms with Crippen molar-refractivity contribution in [2.45, 2.75) is 45.0 Å². The van der Waals surface area contributed by atoms with E-state index in [1.165, 1.54) is 6.33 Å². The summed E-state index contributed by atoms with van der Waals surface area (Å²) in [6, 6.07) is 1.78. The van der Waals surface area contributed by atoms with Crippen molar-refractivity contribution in [1.29, 1.82) is 0 Å². The van der Waals surface area contributed by atoms with Gasteiger partial charge in [-0.1, -0.05) is 0 Å². The Bertz CT molecular complexity index is 352. The minimum absolute atomic E-state index is 0.181. The zero-order chi connectivity index (χ0) is 11.5. The predicted molar refractivity (Wildman–Crippen MR) is 63.4 cm³/mol. The summed E-state index contributed by atoms with van der Waals surface area (Å²) in [6.07, 6.45) is 3.99. The Kier molecular flexibility index (Phi) is 3.76. The SMILES string of the molecule is CC1CC(Oc2cc(Br)ncn2)CC(C)O1. The van der Waals surface area contributed by atoms with E-state index in [-0.39, 0.29) is 18.3 Å². The number of rotatable bonds is 2. The third-order valence-electron chi connectivity index (χ3n) is 2.55. The second kappa shape index (κ2) is 5.10. The quantitative estimate of drug-likeness (QED) is 0.784. The van der Waals surface area contributed by atoms with Gasteiger partial charge >= 0.3 is 0 Å². The fraction of sp³-hybridized carbons (Fsp3) is 0.636. The molecule has 5 heteroatoms. The van der Waals surface area contributed by atoms with E-state index in [0.29, 0.717) is 5.88 Å². The van der Waals surface area contributed by atoms with Crippen LogP contribution in [0.4, 0.5) is 0 Å². The van der Waals surface area contributed by atoms with Crippen LogP contribution in [0.3, 0.4) is 0 Å². The highest BCUT2D eigenvalue weighted by Crippen LogP contribution is 2.23. The van der Waals surface area contributed by atoms with Gasteiger partial charge in [0.05, 0.1) is 12.2 Å². The van der Waals surface area contributed by atoms with Gasteiger partial charge in [0.1, 0.15) is 17.0 Å². The molecule has 1 aliphatic heterocycles. The molecular weight excluding hydrogens is 272 g/mol. The second-order valence-corrected chi connectivity index (χ2v) is 4.96. The minimum Gasteiger partial charge on any atom is -0.474 e. The van der Waals surface area contributed by atoms with Gasteiger partial charge in [-0.2, -0.15) is 0 Å². The van der Waals surface area contributed by atoms with Gasteiger partial charge in [0, 0.05) is 18.9 Å². The highest BCUT2D eigenvalue weighted by atomic mass is 79.9. The number of halogens is 1. The van der Waals surface area contributed by atoms with E-state index < -0.39 is 0 Å². The van der Waals surface area contributed by atoms with Crippen LogP contribution in [-0.2, 0) is 4.74 Å². The summed E-state index contributed by atoms with van der Waals surface area (Å²) < 4.78 is 12.2. The lowest BCUT2D eigenvalue weighted by atomic mass is 10.0. The third kappa shape index (κ3) is 3.15. The molecule has 1 saturated heterocycles. The van der Waals surface area contributed by atoms with Crippen LogP contribution in [0, 0.1) is 0 Å². The largest absolute Gasteiger partial charge is 0.474 e. The third-order valence-corrected chi connectivity index (χ3v) is 2.98. The summed E-state index contributed by atoms with van der Waals surface area (Å²) in [7, 11) is 0. The molecule has 0 amide bonds. The van der Waals surface area contributed by atoms with E-state index in [1.807, 2.05) is 0 Å². The first-order valence-corrected chi connectivity index (χ1v) is 6.22. The molecule has 0 spiro atoms. The lowest BCUT2D eigenvalue weighted by molar-refractivity contribution is -0.0730. The molecular formula is C11H15BrN2O2. The van der Waals surface area contributed by atoms with Crippen molar-refractivity contribution in [3.63, 3.8) is 0 Å². The first-order valence-electron chi connectivity index (χ1n) is 5.43. The zero-order valence-corrected chi connectivity index (χ0v) is 11.0. The summed E-state index contributed by atoms with van der Waals surface area (Å²) in [4.78, 5) is 8.04. The van der Waals surface area contributed by atoms with Gasteiger partial charge in [-0.25, -0.2) is 9.97 Å². The van der Waals surface area contributed by atoms with Crippen molar-refractivity contribution in [3.8, 4) is 5.88 Å². The number of hydrogen-bond donors (Lipinski definition) is 0. The second-order valence-electron chi connectivity index (χ2n) is 4.15. The molecule has 0 aliphatic carbocycles. The molecule has 0 N–H and O–H groups in total. The molecule has 1 aromatic heterocycles. The Hall–Kier alpha value is -0.680. The Labute approximate surface area is 104 Å². The average molecular weight is 287 g/mol. The maximum absolute atomic E-state index is 5.82. The maximum Gasteiger partial charge on any atom is 0.217 e. The Morgan fingerprint density at radius 1 is 1.31 bits per heavy atom. The lowest BCUT2D eigenvalue weighted by Gasteiger charge is -2.31. The van der Waals surface area contributed by atoms with Crippen LogP contribution < -0.4 is 4.74 Å². The molecule has 16 heavy (non-hydrogen) atoms. The fourth-order valence-electron chi connectivity index (χ4n) is 1.99. The molecule has 88 valence electrons. The zero-order valence-electron chi connectivity index (χ0n) is 9.39. The molecule has 4 nitrogen and oxygen atoms in total. The van der Waals surface area contributed by atoms with Gasteiger partial charge in [0.25, 0.3) is 0 Å². The van der Waals surface area contributed by atoms with Gasteiger partial charge in [-0.15, -0.1) is 0 Å².